The number of nitrogens with zero attached hydrogens (tertiary/aromatic N) is 1. The first-order chi connectivity index (χ1) is 9.29. The van der Waals surface area contributed by atoms with Crippen molar-refractivity contribution in [2.75, 3.05) is 4.72 Å². The number of anilines is 1. The van der Waals surface area contributed by atoms with E-state index in [1.165, 1.54) is 12.1 Å². The fraction of sp³-hybridized carbons (Fsp3) is 0.0833. The molecule has 0 bridgehead atoms. The molecule has 4 nitrogen and oxygen atoms in total. The highest BCUT2D eigenvalue weighted by molar-refractivity contribution is 7.92. The molecule has 2 rings (SSSR count). The second kappa shape index (κ2) is 5.55. The van der Waals surface area contributed by atoms with E-state index in [0.717, 1.165) is 12.3 Å². The van der Waals surface area contributed by atoms with Crippen molar-refractivity contribution in [2.45, 2.75) is 11.8 Å². The summed E-state index contributed by atoms with van der Waals surface area (Å²) in [6.07, 6.45) is 1.04. The van der Waals surface area contributed by atoms with Crippen LogP contribution < -0.4 is 4.72 Å². The minimum absolute atomic E-state index is 0.00100. The van der Waals surface area contributed by atoms with Gasteiger partial charge in [-0.25, -0.2) is 17.8 Å². The molecule has 0 saturated heterocycles. The van der Waals surface area contributed by atoms with Crippen LogP contribution in [0.4, 0.5) is 10.1 Å². The first-order valence-electron chi connectivity index (χ1n) is 5.39. The molecule has 0 fully saturated rings. The molecule has 0 aliphatic carbocycles. The summed E-state index contributed by atoms with van der Waals surface area (Å²) in [5, 5.41) is -0.00828. The SMILES string of the molecule is Cc1ccc(NS(=O)(=O)c2cnc(Cl)c(Cl)c2)c(F)c1. The second-order valence-corrected chi connectivity index (χ2v) is 6.48. The lowest BCUT2D eigenvalue weighted by Gasteiger charge is -2.09. The van der Waals surface area contributed by atoms with E-state index in [1.807, 2.05) is 0 Å². The summed E-state index contributed by atoms with van der Waals surface area (Å²) in [5.41, 5.74) is 0.531. The van der Waals surface area contributed by atoms with Crippen LogP contribution in [-0.2, 0) is 10.0 Å². The van der Waals surface area contributed by atoms with Gasteiger partial charge in [0.05, 0.1) is 10.7 Å². The third-order valence-corrected chi connectivity index (χ3v) is 4.47. The van der Waals surface area contributed by atoms with Gasteiger partial charge in [0.2, 0.25) is 0 Å². The summed E-state index contributed by atoms with van der Waals surface area (Å²) in [4.78, 5) is 3.44. The van der Waals surface area contributed by atoms with E-state index in [-0.39, 0.29) is 20.8 Å². The van der Waals surface area contributed by atoms with E-state index < -0.39 is 15.8 Å². The Morgan fingerprint density at radius 1 is 1.25 bits per heavy atom. The second-order valence-electron chi connectivity index (χ2n) is 4.03. The number of sulfonamides is 1. The summed E-state index contributed by atoms with van der Waals surface area (Å²) >= 11 is 11.3. The summed E-state index contributed by atoms with van der Waals surface area (Å²) in [5.74, 6) is -0.665. The Morgan fingerprint density at radius 3 is 2.55 bits per heavy atom. The minimum Gasteiger partial charge on any atom is -0.277 e. The van der Waals surface area contributed by atoms with Gasteiger partial charge in [0, 0.05) is 6.20 Å². The number of benzene rings is 1. The van der Waals surface area contributed by atoms with Gasteiger partial charge in [-0.05, 0) is 30.7 Å². The van der Waals surface area contributed by atoms with Crippen LogP contribution in [0.3, 0.4) is 0 Å². The minimum atomic E-state index is -3.98. The summed E-state index contributed by atoms with van der Waals surface area (Å²) in [7, 11) is -3.98. The number of halogens is 3. The molecule has 1 N–H and O–H groups in total. The monoisotopic (exact) mass is 334 g/mol. The zero-order chi connectivity index (χ0) is 14.9. The largest absolute Gasteiger partial charge is 0.277 e. The van der Waals surface area contributed by atoms with Gasteiger partial charge >= 0.3 is 0 Å². The van der Waals surface area contributed by atoms with E-state index in [0.29, 0.717) is 5.56 Å². The van der Waals surface area contributed by atoms with Crippen molar-refractivity contribution in [3.8, 4) is 0 Å². The van der Waals surface area contributed by atoms with E-state index in [1.54, 1.807) is 13.0 Å². The molecule has 0 aliphatic rings. The zero-order valence-electron chi connectivity index (χ0n) is 10.2. The maximum atomic E-state index is 13.7. The van der Waals surface area contributed by atoms with Gasteiger partial charge < -0.3 is 0 Å². The van der Waals surface area contributed by atoms with Gasteiger partial charge in [0.25, 0.3) is 10.0 Å². The highest BCUT2D eigenvalue weighted by atomic mass is 35.5. The van der Waals surface area contributed by atoms with Crippen LogP contribution in [0.15, 0.2) is 35.4 Å². The smallest absolute Gasteiger partial charge is 0.263 e. The predicted molar refractivity (Wildman–Crippen MR) is 76.2 cm³/mol. The van der Waals surface area contributed by atoms with Crippen LogP contribution in [0.5, 0.6) is 0 Å². The number of hydrogen-bond acceptors (Lipinski definition) is 3. The Kier molecular flexibility index (Phi) is 4.17. The average Bonchev–Trinajstić information content (AvgIpc) is 2.36. The molecule has 0 aliphatic heterocycles. The molecule has 1 aromatic carbocycles. The fourth-order valence-corrected chi connectivity index (χ4v) is 2.83. The Balaban J connectivity index is 2.38. The van der Waals surface area contributed by atoms with Crippen molar-refractivity contribution >= 4 is 38.9 Å². The molecule has 106 valence electrons. The van der Waals surface area contributed by atoms with Crippen LogP contribution >= 0.6 is 23.2 Å². The lowest BCUT2D eigenvalue weighted by atomic mass is 10.2. The number of hydrogen-bond donors (Lipinski definition) is 1. The number of rotatable bonds is 3. The van der Waals surface area contributed by atoms with Gasteiger partial charge in [0.1, 0.15) is 15.9 Å². The first-order valence-corrected chi connectivity index (χ1v) is 7.63. The summed E-state index contributed by atoms with van der Waals surface area (Å²) in [6.45, 7) is 1.70. The third kappa shape index (κ3) is 3.20. The molecule has 0 saturated carbocycles. The predicted octanol–water partition coefficient (Wildman–Crippen LogP) is 3.64. The van der Waals surface area contributed by atoms with Gasteiger partial charge in [-0.2, -0.15) is 0 Å². The molecular formula is C12H9Cl2FN2O2S. The van der Waals surface area contributed by atoms with Crippen molar-refractivity contribution in [1.29, 1.82) is 0 Å². The molecule has 0 radical (unpaired) electrons. The van der Waals surface area contributed by atoms with Gasteiger partial charge in [-0.15, -0.1) is 0 Å². The molecule has 0 unspecified atom stereocenters. The summed E-state index contributed by atoms with van der Waals surface area (Å²) in [6, 6.07) is 5.30. The van der Waals surface area contributed by atoms with Crippen molar-refractivity contribution in [3.05, 3.63) is 52.0 Å². The van der Waals surface area contributed by atoms with Crippen molar-refractivity contribution in [2.24, 2.45) is 0 Å². The number of aromatic nitrogens is 1. The highest BCUT2D eigenvalue weighted by Gasteiger charge is 2.18. The molecular weight excluding hydrogens is 326 g/mol. The highest BCUT2D eigenvalue weighted by Crippen LogP contribution is 2.24. The standard InChI is InChI=1S/C12H9Cl2FN2O2S/c1-7-2-3-11(10(15)4-7)17-20(18,19)8-5-9(13)12(14)16-6-8/h2-6,17H,1H3. The molecule has 0 atom stereocenters. The Labute approximate surface area is 125 Å². The van der Waals surface area contributed by atoms with Crippen molar-refractivity contribution < 1.29 is 12.8 Å². The molecule has 0 spiro atoms. The topological polar surface area (TPSA) is 59.1 Å². The molecule has 8 heteroatoms. The van der Waals surface area contributed by atoms with Gasteiger partial charge in [-0.3, -0.25) is 4.72 Å². The zero-order valence-corrected chi connectivity index (χ0v) is 12.5. The van der Waals surface area contributed by atoms with Crippen molar-refractivity contribution in [1.82, 2.24) is 4.98 Å². The molecule has 2 aromatic rings. The Morgan fingerprint density at radius 2 is 1.95 bits per heavy atom. The Hall–Kier alpha value is -1.37. The van der Waals surface area contributed by atoms with E-state index in [9.17, 15) is 12.8 Å². The number of aryl methyl sites for hydroxylation is 1. The van der Waals surface area contributed by atoms with E-state index >= 15 is 0 Å². The maximum Gasteiger partial charge on any atom is 0.263 e. The van der Waals surface area contributed by atoms with E-state index in [4.69, 9.17) is 23.2 Å². The number of pyridine rings is 1. The van der Waals surface area contributed by atoms with Crippen LogP contribution in [0.25, 0.3) is 0 Å². The lowest BCUT2D eigenvalue weighted by Crippen LogP contribution is -2.14. The van der Waals surface area contributed by atoms with Gasteiger partial charge in [-0.1, -0.05) is 29.3 Å². The summed E-state index contributed by atoms with van der Waals surface area (Å²) < 4.78 is 39.9. The average molecular weight is 335 g/mol. The van der Waals surface area contributed by atoms with Gasteiger partial charge in [0.15, 0.2) is 0 Å². The third-order valence-electron chi connectivity index (χ3n) is 2.45. The van der Waals surface area contributed by atoms with Crippen LogP contribution in [0.1, 0.15) is 5.56 Å². The Bertz CT molecular complexity index is 766. The number of nitrogens with one attached hydrogen (secondary N) is 1. The maximum absolute atomic E-state index is 13.7. The van der Waals surface area contributed by atoms with Crippen LogP contribution in [-0.4, -0.2) is 13.4 Å². The lowest BCUT2D eigenvalue weighted by molar-refractivity contribution is 0.598. The normalized spacial score (nSPS) is 11.4. The van der Waals surface area contributed by atoms with E-state index in [2.05, 4.69) is 9.71 Å². The quantitative estimate of drug-likeness (QED) is 0.872. The van der Waals surface area contributed by atoms with Crippen LogP contribution in [0.2, 0.25) is 10.2 Å². The molecule has 20 heavy (non-hydrogen) atoms. The van der Waals surface area contributed by atoms with Crippen LogP contribution in [0, 0.1) is 12.7 Å². The fourth-order valence-electron chi connectivity index (χ4n) is 1.46. The molecule has 1 heterocycles. The molecule has 0 amide bonds. The molecule has 1 aromatic heterocycles. The van der Waals surface area contributed by atoms with Crippen molar-refractivity contribution in [3.63, 3.8) is 0 Å². The first kappa shape index (κ1) is 15.0.